The van der Waals surface area contributed by atoms with Gasteiger partial charge in [-0.1, -0.05) is 0 Å². The van der Waals surface area contributed by atoms with E-state index in [1.807, 2.05) is 18.4 Å². The number of carbonyl (C=O) groups excluding carboxylic acids is 2. The molecule has 0 radical (unpaired) electrons. The highest BCUT2D eigenvalue weighted by molar-refractivity contribution is 7.11. The van der Waals surface area contributed by atoms with Gasteiger partial charge in [-0.25, -0.2) is 4.79 Å². The summed E-state index contributed by atoms with van der Waals surface area (Å²) in [7, 11) is 0. The number of carboxylic acids is 1. The molecule has 1 aromatic rings. The topological polar surface area (TPSA) is 86.7 Å². The third kappa shape index (κ3) is 3.05. The lowest BCUT2D eigenvalue weighted by atomic mass is 10.2. The van der Waals surface area contributed by atoms with E-state index in [0.717, 1.165) is 15.3 Å². The molecule has 1 aromatic heterocycles. The van der Waals surface area contributed by atoms with Gasteiger partial charge in [-0.2, -0.15) is 0 Å². The average molecular weight is 294 g/mol. The summed E-state index contributed by atoms with van der Waals surface area (Å²) in [4.78, 5) is 36.5. The highest BCUT2D eigenvalue weighted by Gasteiger charge is 2.34. The summed E-state index contributed by atoms with van der Waals surface area (Å²) in [6.45, 7) is 1.63. The fourth-order valence-electron chi connectivity index (χ4n) is 1.89. The Morgan fingerprint density at radius 1 is 1.55 bits per heavy atom. The van der Waals surface area contributed by atoms with E-state index < -0.39 is 17.9 Å². The molecule has 0 aromatic carbocycles. The normalized spacial score (nSPS) is 19.1. The first-order chi connectivity index (χ1) is 9.49. The van der Waals surface area contributed by atoms with Crippen molar-refractivity contribution in [2.75, 3.05) is 13.1 Å². The molecule has 1 saturated heterocycles. The first-order valence-corrected chi connectivity index (χ1v) is 6.89. The maximum Gasteiger partial charge on any atom is 0.328 e. The molecule has 2 N–H and O–H groups in total. The van der Waals surface area contributed by atoms with Crippen LogP contribution < -0.4 is 5.32 Å². The van der Waals surface area contributed by atoms with Gasteiger partial charge in [-0.05, 0) is 30.0 Å². The van der Waals surface area contributed by atoms with Crippen molar-refractivity contribution in [3.05, 3.63) is 28.0 Å². The number of carboxylic acid groups (broad SMARTS) is 1. The van der Waals surface area contributed by atoms with Crippen molar-refractivity contribution >= 4 is 35.2 Å². The SMILES string of the molecule is Cc1ccsc1/C=C/C(=O)N1CC(=O)NCC1C(=O)O. The summed E-state index contributed by atoms with van der Waals surface area (Å²) in [5.74, 6) is -1.95. The molecular weight excluding hydrogens is 280 g/mol. The van der Waals surface area contributed by atoms with Crippen molar-refractivity contribution in [1.82, 2.24) is 10.2 Å². The van der Waals surface area contributed by atoms with Gasteiger partial charge >= 0.3 is 5.97 Å². The molecule has 1 atom stereocenters. The number of aryl methyl sites for hydroxylation is 1. The van der Waals surface area contributed by atoms with Gasteiger partial charge < -0.3 is 15.3 Å². The molecule has 2 rings (SSSR count). The first-order valence-electron chi connectivity index (χ1n) is 6.01. The maximum absolute atomic E-state index is 12.1. The van der Waals surface area contributed by atoms with Gasteiger partial charge in [0.05, 0.1) is 0 Å². The highest BCUT2D eigenvalue weighted by atomic mass is 32.1. The van der Waals surface area contributed by atoms with Crippen LogP contribution in [0.25, 0.3) is 6.08 Å². The third-order valence-electron chi connectivity index (χ3n) is 3.03. The Morgan fingerprint density at radius 2 is 2.30 bits per heavy atom. The standard InChI is InChI=1S/C13H14N2O4S/c1-8-4-5-20-10(8)2-3-12(17)15-7-11(16)14-6-9(15)13(18)19/h2-5,9H,6-7H2,1H3,(H,14,16)(H,18,19)/b3-2+. The second-order valence-electron chi connectivity index (χ2n) is 4.43. The summed E-state index contributed by atoms with van der Waals surface area (Å²) >= 11 is 1.49. The molecule has 2 amide bonds. The van der Waals surface area contributed by atoms with Crippen molar-refractivity contribution in [3.63, 3.8) is 0 Å². The van der Waals surface area contributed by atoms with Gasteiger partial charge in [0, 0.05) is 17.5 Å². The van der Waals surface area contributed by atoms with Crippen LogP contribution in [0.15, 0.2) is 17.5 Å². The third-order valence-corrected chi connectivity index (χ3v) is 4.01. The minimum Gasteiger partial charge on any atom is -0.480 e. The van der Waals surface area contributed by atoms with Crippen LogP contribution in [0.4, 0.5) is 0 Å². The van der Waals surface area contributed by atoms with Gasteiger partial charge in [-0.3, -0.25) is 9.59 Å². The molecule has 106 valence electrons. The molecule has 0 saturated carbocycles. The lowest BCUT2D eigenvalue weighted by molar-refractivity contribution is -0.152. The molecule has 1 unspecified atom stereocenters. The number of thiophene rings is 1. The largest absolute Gasteiger partial charge is 0.480 e. The zero-order chi connectivity index (χ0) is 14.7. The van der Waals surface area contributed by atoms with E-state index in [2.05, 4.69) is 5.32 Å². The number of nitrogens with zero attached hydrogens (tertiary/aromatic N) is 1. The zero-order valence-electron chi connectivity index (χ0n) is 10.8. The lowest BCUT2D eigenvalue weighted by Crippen LogP contribution is -2.59. The molecule has 6 nitrogen and oxygen atoms in total. The number of aliphatic carboxylic acids is 1. The van der Waals surface area contributed by atoms with E-state index in [0.29, 0.717) is 0 Å². The Bertz CT molecular complexity index is 579. The van der Waals surface area contributed by atoms with Crippen molar-refractivity contribution < 1.29 is 19.5 Å². The molecule has 0 aliphatic carbocycles. The Morgan fingerprint density at radius 3 is 2.90 bits per heavy atom. The van der Waals surface area contributed by atoms with E-state index in [4.69, 9.17) is 5.11 Å². The van der Waals surface area contributed by atoms with E-state index in [9.17, 15) is 14.4 Å². The van der Waals surface area contributed by atoms with Crippen LogP contribution in [-0.4, -0.2) is 46.9 Å². The van der Waals surface area contributed by atoms with Crippen LogP contribution in [0.5, 0.6) is 0 Å². The van der Waals surface area contributed by atoms with E-state index in [1.165, 1.54) is 17.4 Å². The van der Waals surface area contributed by atoms with E-state index in [-0.39, 0.29) is 19.0 Å². The number of hydrogen-bond donors (Lipinski definition) is 2. The number of hydrogen-bond acceptors (Lipinski definition) is 4. The molecule has 1 aliphatic rings. The monoisotopic (exact) mass is 294 g/mol. The number of carbonyl (C=O) groups is 3. The number of rotatable bonds is 3. The predicted molar refractivity (Wildman–Crippen MR) is 74.2 cm³/mol. The molecule has 0 spiro atoms. The Kier molecular flexibility index (Phi) is 4.19. The maximum atomic E-state index is 12.1. The Labute approximate surface area is 119 Å². The van der Waals surface area contributed by atoms with Crippen LogP contribution in [-0.2, 0) is 14.4 Å². The number of nitrogens with one attached hydrogen (secondary N) is 1. The van der Waals surface area contributed by atoms with Gasteiger partial charge in [0.15, 0.2) is 0 Å². The van der Waals surface area contributed by atoms with Crippen molar-refractivity contribution in [2.45, 2.75) is 13.0 Å². The van der Waals surface area contributed by atoms with Gasteiger partial charge in [-0.15, -0.1) is 11.3 Å². The second-order valence-corrected chi connectivity index (χ2v) is 5.37. The van der Waals surface area contributed by atoms with Gasteiger partial charge in [0.25, 0.3) is 0 Å². The summed E-state index contributed by atoms with van der Waals surface area (Å²) in [6.07, 6.45) is 2.96. The molecule has 20 heavy (non-hydrogen) atoms. The molecule has 2 heterocycles. The van der Waals surface area contributed by atoms with Gasteiger partial charge in [0.1, 0.15) is 12.6 Å². The summed E-state index contributed by atoms with van der Waals surface area (Å²) in [5, 5.41) is 13.4. The van der Waals surface area contributed by atoms with Crippen molar-refractivity contribution in [2.24, 2.45) is 0 Å². The van der Waals surface area contributed by atoms with Gasteiger partial charge in [0.2, 0.25) is 11.8 Å². The quantitative estimate of drug-likeness (QED) is 0.794. The van der Waals surface area contributed by atoms with Crippen molar-refractivity contribution in [3.8, 4) is 0 Å². The lowest BCUT2D eigenvalue weighted by Gasteiger charge is -2.31. The minimum absolute atomic E-state index is 0.0637. The second kappa shape index (κ2) is 5.87. The average Bonchev–Trinajstić information content (AvgIpc) is 2.81. The minimum atomic E-state index is -1.13. The van der Waals surface area contributed by atoms with Crippen LogP contribution in [0.3, 0.4) is 0 Å². The van der Waals surface area contributed by atoms with Crippen LogP contribution in [0, 0.1) is 6.92 Å². The molecule has 1 aliphatic heterocycles. The summed E-state index contributed by atoms with van der Waals surface area (Å²) in [6, 6.07) is 0.915. The first kappa shape index (κ1) is 14.3. The summed E-state index contributed by atoms with van der Waals surface area (Å²) in [5.41, 5.74) is 1.05. The number of piperazine rings is 1. The van der Waals surface area contributed by atoms with Crippen LogP contribution in [0.2, 0.25) is 0 Å². The fraction of sp³-hybridized carbons (Fsp3) is 0.308. The smallest absolute Gasteiger partial charge is 0.328 e. The molecule has 1 fully saturated rings. The summed E-state index contributed by atoms with van der Waals surface area (Å²) < 4.78 is 0. The highest BCUT2D eigenvalue weighted by Crippen LogP contribution is 2.17. The predicted octanol–water partition coefficient (Wildman–Crippen LogP) is 0.481. The zero-order valence-corrected chi connectivity index (χ0v) is 11.6. The van der Waals surface area contributed by atoms with Crippen LogP contribution >= 0.6 is 11.3 Å². The Balaban J connectivity index is 2.13. The molecular formula is C13H14N2O4S. The molecule has 0 bridgehead atoms. The fourth-order valence-corrected chi connectivity index (χ4v) is 2.71. The van der Waals surface area contributed by atoms with E-state index >= 15 is 0 Å². The Hall–Kier alpha value is -2.15. The van der Waals surface area contributed by atoms with Crippen molar-refractivity contribution in [1.29, 1.82) is 0 Å². The van der Waals surface area contributed by atoms with Crippen LogP contribution in [0.1, 0.15) is 10.4 Å². The molecule has 7 heteroatoms. The number of amides is 2. The van der Waals surface area contributed by atoms with E-state index in [1.54, 1.807) is 6.08 Å².